The SMILES string of the molecule is Cc1cnc(C(C)n2c(SCC(=O)O)n[nH]c2=O)o1. The fourth-order valence-corrected chi connectivity index (χ4v) is 2.28. The third-order valence-electron chi connectivity index (χ3n) is 2.38. The number of nitrogens with zero attached hydrogens (tertiary/aromatic N) is 3. The van der Waals surface area contributed by atoms with E-state index in [9.17, 15) is 9.59 Å². The number of oxazole rings is 1. The van der Waals surface area contributed by atoms with Crippen molar-refractivity contribution in [3.8, 4) is 0 Å². The molecule has 0 radical (unpaired) electrons. The molecule has 9 heteroatoms. The fourth-order valence-electron chi connectivity index (χ4n) is 1.54. The molecule has 0 aliphatic rings. The number of aromatic nitrogens is 4. The molecule has 0 aromatic carbocycles. The number of hydrogen-bond donors (Lipinski definition) is 2. The van der Waals surface area contributed by atoms with Crippen LogP contribution in [0.25, 0.3) is 0 Å². The van der Waals surface area contributed by atoms with Gasteiger partial charge in [-0.15, -0.1) is 5.10 Å². The van der Waals surface area contributed by atoms with Crippen molar-refractivity contribution in [1.82, 2.24) is 19.7 Å². The van der Waals surface area contributed by atoms with E-state index in [0.29, 0.717) is 11.7 Å². The van der Waals surface area contributed by atoms with Crippen LogP contribution in [0.2, 0.25) is 0 Å². The molecule has 0 aliphatic heterocycles. The van der Waals surface area contributed by atoms with Crippen LogP contribution in [-0.4, -0.2) is 36.6 Å². The maximum Gasteiger partial charge on any atom is 0.344 e. The molecule has 2 aromatic heterocycles. The van der Waals surface area contributed by atoms with Gasteiger partial charge in [0.2, 0.25) is 5.89 Å². The van der Waals surface area contributed by atoms with Gasteiger partial charge in [0.25, 0.3) is 0 Å². The molecule has 0 spiro atoms. The molecule has 2 heterocycles. The highest BCUT2D eigenvalue weighted by Gasteiger charge is 2.21. The zero-order valence-corrected chi connectivity index (χ0v) is 11.1. The lowest BCUT2D eigenvalue weighted by atomic mass is 10.3. The lowest BCUT2D eigenvalue weighted by molar-refractivity contribution is -0.133. The molecule has 0 aliphatic carbocycles. The Morgan fingerprint density at radius 1 is 1.68 bits per heavy atom. The molecule has 0 bridgehead atoms. The molecule has 0 saturated heterocycles. The zero-order valence-electron chi connectivity index (χ0n) is 10.3. The predicted octanol–water partition coefficient (Wildman–Crippen LogP) is 0.654. The van der Waals surface area contributed by atoms with Crippen LogP contribution in [0.3, 0.4) is 0 Å². The van der Waals surface area contributed by atoms with E-state index in [1.807, 2.05) is 0 Å². The minimum Gasteiger partial charge on any atom is -0.481 e. The topological polar surface area (TPSA) is 114 Å². The average molecular weight is 284 g/mol. The van der Waals surface area contributed by atoms with E-state index in [2.05, 4.69) is 15.2 Å². The Kier molecular flexibility index (Phi) is 3.74. The van der Waals surface area contributed by atoms with Gasteiger partial charge in [-0.3, -0.25) is 9.36 Å². The maximum atomic E-state index is 11.7. The Morgan fingerprint density at radius 2 is 2.42 bits per heavy atom. The summed E-state index contributed by atoms with van der Waals surface area (Å²) in [6, 6.07) is -0.462. The van der Waals surface area contributed by atoms with Crippen LogP contribution in [0.4, 0.5) is 0 Å². The molecule has 0 saturated carbocycles. The van der Waals surface area contributed by atoms with Crippen molar-refractivity contribution in [2.75, 3.05) is 5.75 Å². The molecule has 8 nitrogen and oxygen atoms in total. The van der Waals surface area contributed by atoms with Crippen LogP contribution >= 0.6 is 11.8 Å². The van der Waals surface area contributed by atoms with E-state index in [0.717, 1.165) is 11.8 Å². The number of aryl methyl sites for hydroxylation is 1. The summed E-state index contributed by atoms with van der Waals surface area (Å²) < 4.78 is 6.68. The number of carbonyl (C=O) groups is 1. The van der Waals surface area contributed by atoms with Crippen LogP contribution in [0.5, 0.6) is 0 Å². The monoisotopic (exact) mass is 284 g/mol. The van der Waals surface area contributed by atoms with Gasteiger partial charge in [0.05, 0.1) is 11.9 Å². The third-order valence-corrected chi connectivity index (χ3v) is 3.32. The normalized spacial score (nSPS) is 12.5. The fraction of sp³-hybridized carbons (Fsp3) is 0.400. The van der Waals surface area contributed by atoms with E-state index >= 15 is 0 Å². The Morgan fingerprint density at radius 3 is 3.00 bits per heavy atom. The summed E-state index contributed by atoms with van der Waals surface area (Å²) >= 11 is 0.957. The Hall–Kier alpha value is -2.03. The van der Waals surface area contributed by atoms with Gasteiger partial charge in [0.15, 0.2) is 5.16 Å². The Balaban J connectivity index is 2.30. The van der Waals surface area contributed by atoms with Crippen molar-refractivity contribution in [3.05, 3.63) is 28.3 Å². The summed E-state index contributed by atoms with van der Waals surface area (Å²) in [6.07, 6.45) is 1.56. The van der Waals surface area contributed by atoms with Gasteiger partial charge in [-0.2, -0.15) is 0 Å². The minimum atomic E-state index is -0.980. The first kappa shape index (κ1) is 13.4. The highest BCUT2D eigenvalue weighted by atomic mass is 32.2. The molecule has 2 aromatic rings. The quantitative estimate of drug-likeness (QED) is 0.775. The van der Waals surface area contributed by atoms with Crippen molar-refractivity contribution in [2.45, 2.75) is 25.0 Å². The smallest absolute Gasteiger partial charge is 0.344 e. The molecule has 1 unspecified atom stereocenters. The first-order chi connectivity index (χ1) is 8.99. The lowest BCUT2D eigenvalue weighted by Gasteiger charge is -2.09. The molecule has 19 heavy (non-hydrogen) atoms. The Bertz CT molecular complexity index is 644. The van der Waals surface area contributed by atoms with Crippen molar-refractivity contribution < 1.29 is 14.3 Å². The van der Waals surface area contributed by atoms with Gasteiger partial charge >= 0.3 is 11.7 Å². The number of nitrogens with one attached hydrogen (secondary N) is 1. The van der Waals surface area contributed by atoms with Crippen molar-refractivity contribution >= 4 is 17.7 Å². The third kappa shape index (κ3) is 2.87. The molecule has 0 amide bonds. The van der Waals surface area contributed by atoms with Gasteiger partial charge in [0, 0.05) is 0 Å². The van der Waals surface area contributed by atoms with Crippen LogP contribution in [0, 0.1) is 6.92 Å². The summed E-state index contributed by atoms with van der Waals surface area (Å²) in [5.74, 6) is -0.148. The molecule has 2 rings (SSSR count). The van der Waals surface area contributed by atoms with Crippen molar-refractivity contribution in [3.63, 3.8) is 0 Å². The summed E-state index contributed by atoms with van der Waals surface area (Å²) in [7, 11) is 0. The number of rotatable bonds is 5. The lowest BCUT2D eigenvalue weighted by Crippen LogP contribution is -2.22. The van der Waals surface area contributed by atoms with Crippen LogP contribution in [0.1, 0.15) is 24.6 Å². The van der Waals surface area contributed by atoms with E-state index < -0.39 is 17.7 Å². The molecular formula is C10H12N4O4S. The summed E-state index contributed by atoms with van der Waals surface area (Å²) in [5, 5.41) is 15.0. The van der Waals surface area contributed by atoms with Gasteiger partial charge < -0.3 is 9.52 Å². The van der Waals surface area contributed by atoms with E-state index in [-0.39, 0.29) is 10.9 Å². The number of carboxylic acids is 1. The van der Waals surface area contributed by atoms with E-state index in [1.165, 1.54) is 4.57 Å². The molecular weight excluding hydrogens is 272 g/mol. The number of carboxylic acid groups (broad SMARTS) is 1. The first-order valence-corrected chi connectivity index (χ1v) is 6.41. The maximum absolute atomic E-state index is 11.7. The minimum absolute atomic E-state index is 0.179. The average Bonchev–Trinajstić information content (AvgIpc) is 2.92. The van der Waals surface area contributed by atoms with Gasteiger partial charge in [0.1, 0.15) is 11.8 Å². The zero-order chi connectivity index (χ0) is 14.0. The van der Waals surface area contributed by atoms with E-state index in [4.69, 9.17) is 9.52 Å². The Labute approximate surface area is 111 Å². The molecule has 0 fully saturated rings. The van der Waals surface area contributed by atoms with E-state index in [1.54, 1.807) is 20.0 Å². The highest BCUT2D eigenvalue weighted by molar-refractivity contribution is 7.99. The molecule has 1 atom stereocenters. The summed E-state index contributed by atoms with van der Waals surface area (Å²) in [5.41, 5.74) is -0.434. The number of H-pyrrole nitrogens is 1. The first-order valence-electron chi connectivity index (χ1n) is 5.43. The second-order valence-electron chi connectivity index (χ2n) is 3.85. The second kappa shape index (κ2) is 5.31. The van der Waals surface area contributed by atoms with Gasteiger partial charge in [-0.1, -0.05) is 11.8 Å². The van der Waals surface area contributed by atoms with Crippen LogP contribution in [-0.2, 0) is 4.79 Å². The molecule has 102 valence electrons. The largest absolute Gasteiger partial charge is 0.481 e. The van der Waals surface area contributed by atoms with Crippen molar-refractivity contribution in [2.24, 2.45) is 0 Å². The summed E-state index contributed by atoms with van der Waals surface area (Å²) in [4.78, 5) is 26.3. The number of thioether (sulfide) groups is 1. The molecule has 2 N–H and O–H groups in total. The summed E-state index contributed by atoms with van der Waals surface area (Å²) in [6.45, 7) is 3.48. The standard InChI is InChI=1S/C10H12N4O4S/c1-5-3-11-8(18-5)6(2)14-9(17)12-13-10(14)19-4-7(15)16/h3,6H,4H2,1-2H3,(H,12,17)(H,15,16). The van der Waals surface area contributed by atoms with Gasteiger partial charge in [-0.05, 0) is 13.8 Å². The number of hydrogen-bond acceptors (Lipinski definition) is 6. The predicted molar refractivity (Wildman–Crippen MR) is 66.3 cm³/mol. The highest BCUT2D eigenvalue weighted by Crippen LogP contribution is 2.21. The van der Waals surface area contributed by atoms with Crippen molar-refractivity contribution in [1.29, 1.82) is 0 Å². The number of aliphatic carboxylic acids is 1. The van der Waals surface area contributed by atoms with Crippen LogP contribution in [0.15, 0.2) is 20.6 Å². The van der Waals surface area contributed by atoms with Gasteiger partial charge in [-0.25, -0.2) is 14.9 Å². The van der Waals surface area contributed by atoms with Crippen LogP contribution < -0.4 is 5.69 Å². The number of aromatic amines is 1. The second-order valence-corrected chi connectivity index (χ2v) is 4.79.